The molecule has 0 spiro atoms. The molecule has 0 fully saturated rings. The lowest BCUT2D eigenvalue weighted by molar-refractivity contribution is 1.03. The van der Waals surface area contributed by atoms with Gasteiger partial charge in [-0.3, -0.25) is 0 Å². The quantitative estimate of drug-likeness (QED) is 0.503. The third-order valence-corrected chi connectivity index (χ3v) is 1.13. The maximum absolute atomic E-state index is 5.28. The summed E-state index contributed by atoms with van der Waals surface area (Å²) in [5.74, 6) is 0.387. The second-order valence-electron chi connectivity index (χ2n) is 1.89. The Morgan fingerprint density at radius 2 is 2.33 bits per heavy atom. The Labute approximate surface area is 53.7 Å². The van der Waals surface area contributed by atoms with Gasteiger partial charge in [0.25, 0.3) is 0 Å². The highest BCUT2D eigenvalue weighted by atomic mass is 15.1. The topological polar surface area (TPSA) is 76.8 Å². The van der Waals surface area contributed by atoms with Gasteiger partial charge in [0.15, 0.2) is 0 Å². The molecule has 0 saturated carbocycles. The van der Waals surface area contributed by atoms with E-state index in [-0.39, 0.29) is 0 Å². The second kappa shape index (κ2) is 2.59. The van der Waals surface area contributed by atoms with E-state index in [1.165, 1.54) is 0 Å². The van der Waals surface area contributed by atoms with E-state index in [1.54, 1.807) is 0 Å². The molecule has 0 aromatic rings. The number of nitrogens with two attached hydrogens (primary N) is 2. The molecule has 0 atom stereocenters. The van der Waals surface area contributed by atoms with Crippen LogP contribution in [0.1, 0.15) is 6.42 Å². The van der Waals surface area contributed by atoms with Gasteiger partial charge in [-0.05, 0) is 6.54 Å². The number of hydrogen-bond donors (Lipinski definition) is 2. The van der Waals surface area contributed by atoms with Gasteiger partial charge in [-0.15, -0.1) is 0 Å². The van der Waals surface area contributed by atoms with Crippen LogP contribution in [0.25, 0.3) is 0 Å². The number of rotatable bonds is 2. The van der Waals surface area contributed by atoms with Crippen molar-refractivity contribution in [2.75, 3.05) is 13.1 Å². The van der Waals surface area contributed by atoms with Crippen LogP contribution in [0, 0.1) is 0 Å². The zero-order valence-corrected chi connectivity index (χ0v) is 5.17. The number of hydrogen-bond acceptors (Lipinski definition) is 4. The van der Waals surface area contributed by atoms with Gasteiger partial charge < -0.3 is 11.5 Å². The van der Waals surface area contributed by atoms with Gasteiger partial charge in [-0.1, -0.05) is 0 Å². The van der Waals surface area contributed by atoms with Crippen LogP contribution in [0.2, 0.25) is 0 Å². The fraction of sp³-hybridized carbons (Fsp3) is 0.600. The van der Waals surface area contributed by atoms with Crippen molar-refractivity contribution in [3.05, 3.63) is 0 Å². The van der Waals surface area contributed by atoms with Gasteiger partial charge in [0.2, 0.25) is 5.96 Å². The first-order valence-corrected chi connectivity index (χ1v) is 2.89. The van der Waals surface area contributed by atoms with Crippen molar-refractivity contribution < 1.29 is 0 Å². The van der Waals surface area contributed by atoms with E-state index < -0.39 is 0 Å². The Morgan fingerprint density at radius 3 is 2.78 bits per heavy atom. The van der Waals surface area contributed by atoms with Crippen LogP contribution in [-0.2, 0) is 0 Å². The van der Waals surface area contributed by atoms with Crippen LogP contribution in [0.15, 0.2) is 9.98 Å². The van der Waals surface area contributed by atoms with Crippen LogP contribution in [0.3, 0.4) is 0 Å². The molecule has 0 saturated heterocycles. The lowest BCUT2D eigenvalue weighted by Gasteiger charge is -1.90. The summed E-state index contributed by atoms with van der Waals surface area (Å²) in [5, 5.41) is 0. The van der Waals surface area contributed by atoms with Crippen molar-refractivity contribution in [3.63, 3.8) is 0 Å². The van der Waals surface area contributed by atoms with E-state index >= 15 is 0 Å². The lowest BCUT2D eigenvalue weighted by atomic mass is 10.3. The van der Waals surface area contributed by atoms with Crippen LogP contribution in [0.5, 0.6) is 0 Å². The Morgan fingerprint density at radius 1 is 1.56 bits per heavy atom. The highest BCUT2D eigenvalue weighted by Crippen LogP contribution is 1.94. The predicted molar refractivity (Wildman–Crippen MR) is 37.6 cm³/mol. The third-order valence-electron chi connectivity index (χ3n) is 1.13. The summed E-state index contributed by atoms with van der Waals surface area (Å²) in [6.07, 6.45) is 0.810. The average molecular weight is 126 g/mol. The lowest BCUT2D eigenvalue weighted by Crippen LogP contribution is -2.09. The molecule has 9 heavy (non-hydrogen) atoms. The van der Waals surface area contributed by atoms with Crippen LogP contribution in [0.4, 0.5) is 0 Å². The number of aliphatic imine (C=N–C) groups is 2. The van der Waals surface area contributed by atoms with Crippen molar-refractivity contribution >= 4 is 11.7 Å². The van der Waals surface area contributed by atoms with Crippen molar-refractivity contribution in [2.24, 2.45) is 21.5 Å². The largest absolute Gasteiger partial charge is 0.368 e. The molecule has 4 nitrogen and oxygen atoms in total. The number of nitrogens with zero attached hydrogens (tertiary/aromatic N) is 2. The van der Waals surface area contributed by atoms with E-state index in [9.17, 15) is 0 Å². The molecule has 0 unspecified atom stereocenters. The van der Waals surface area contributed by atoms with Gasteiger partial charge in [0.1, 0.15) is 0 Å². The third kappa shape index (κ3) is 1.50. The predicted octanol–water partition coefficient (Wildman–Crippen LogP) is -0.895. The molecule has 0 aliphatic carbocycles. The first-order valence-electron chi connectivity index (χ1n) is 2.89. The van der Waals surface area contributed by atoms with Gasteiger partial charge in [0, 0.05) is 12.1 Å². The van der Waals surface area contributed by atoms with Gasteiger partial charge in [-0.25, -0.2) is 9.98 Å². The van der Waals surface area contributed by atoms with Gasteiger partial charge in [-0.2, -0.15) is 0 Å². The van der Waals surface area contributed by atoms with Crippen molar-refractivity contribution in [1.82, 2.24) is 0 Å². The first kappa shape index (κ1) is 6.22. The molecular weight excluding hydrogens is 116 g/mol. The average Bonchev–Trinajstić information content (AvgIpc) is 2.17. The molecule has 0 aromatic carbocycles. The normalized spacial score (nSPS) is 17.4. The Hall–Kier alpha value is -0.900. The summed E-state index contributed by atoms with van der Waals surface area (Å²) in [6.45, 7) is 1.27. The molecule has 1 aliphatic rings. The molecule has 0 radical (unpaired) electrons. The monoisotopic (exact) mass is 126 g/mol. The molecular formula is C5H10N4. The Kier molecular flexibility index (Phi) is 1.79. The molecule has 0 bridgehead atoms. The molecule has 1 aliphatic heterocycles. The van der Waals surface area contributed by atoms with E-state index in [2.05, 4.69) is 9.98 Å². The van der Waals surface area contributed by atoms with Gasteiger partial charge >= 0.3 is 0 Å². The zero-order chi connectivity index (χ0) is 6.69. The van der Waals surface area contributed by atoms with Crippen molar-refractivity contribution in [3.8, 4) is 0 Å². The number of guanidine groups is 1. The summed E-state index contributed by atoms with van der Waals surface area (Å²) in [5.41, 5.74) is 11.6. The van der Waals surface area contributed by atoms with Crippen molar-refractivity contribution in [2.45, 2.75) is 6.42 Å². The minimum atomic E-state index is 0.387. The molecule has 4 heteroatoms. The van der Waals surface area contributed by atoms with Crippen LogP contribution >= 0.6 is 0 Å². The fourth-order valence-electron chi connectivity index (χ4n) is 0.707. The Bertz CT molecular complexity index is 158. The Balaban J connectivity index is 2.41. The van der Waals surface area contributed by atoms with E-state index in [1.807, 2.05) is 0 Å². The van der Waals surface area contributed by atoms with Gasteiger partial charge in [0.05, 0.1) is 6.54 Å². The SMILES string of the molecule is NCCC1=NC(N)=NC1. The molecule has 4 N–H and O–H groups in total. The van der Waals surface area contributed by atoms with E-state index in [0.29, 0.717) is 19.0 Å². The molecule has 0 amide bonds. The fourth-order valence-corrected chi connectivity index (χ4v) is 0.707. The summed E-state index contributed by atoms with van der Waals surface area (Å²) in [4.78, 5) is 7.81. The second-order valence-corrected chi connectivity index (χ2v) is 1.89. The molecule has 1 rings (SSSR count). The maximum atomic E-state index is 5.28. The molecule has 50 valence electrons. The van der Waals surface area contributed by atoms with Crippen LogP contribution < -0.4 is 11.5 Å². The molecule has 0 aromatic heterocycles. The highest BCUT2D eigenvalue weighted by Gasteiger charge is 2.04. The first-order chi connectivity index (χ1) is 4.33. The van der Waals surface area contributed by atoms with E-state index in [0.717, 1.165) is 12.1 Å². The smallest absolute Gasteiger partial charge is 0.215 e. The van der Waals surface area contributed by atoms with Crippen LogP contribution in [-0.4, -0.2) is 24.8 Å². The minimum Gasteiger partial charge on any atom is -0.368 e. The summed E-state index contributed by atoms with van der Waals surface area (Å²) < 4.78 is 0. The summed E-state index contributed by atoms with van der Waals surface area (Å²) in [7, 11) is 0. The zero-order valence-electron chi connectivity index (χ0n) is 5.17. The highest BCUT2D eigenvalue weighted by molar-refractivity contribution is 6.02. The summed E-state index contributed by atoms with van der Waals surface area (Å²) in [6, 6.07) is 0. The minimum absolute atomic E-state index is 0.387. The van der Waals surface area contributed by atoms with Crippen molar-refractivity contribution in [1.29, 1.82) is 0 Å². The van der Waals surface area contributed by atoms with E-state index in [4.69, 9.17) is 11.5 Å². The summed E-state index contributed by atoms with van der Waals surface area (Å²) >= 11 is 0. The standard InChI is InChI=1S/C5H10N4/c6-2-1-4-3-8-5(7)9-4/h1-3,6H2,(H2,7,8). The maximum Gasteiger partial charge on any atom is 0.215 e. The molecule has 1 heterocycles.